The molecule has 1 aliphatic carbocycles. The van der Waals surface area contributed by atoms with Crippen LogP contribution in [0.25, 0.3) is 0 Å². The molecule has 1 unspecified atom stereocenters. The summed E-state index contributed by atoms with van der Waals surface area (Å²) < 4.78 is 1.92. The summed E-state index contributed by atoms with van der Waals surface area (Å²) in [5.74, 6) is -0.100. The molecule has 3 N–H and O–H groups in total. The van der Waals surface area contributed by atoms with Crippen LogP contribution in [-0.2, 0) is 0 Å². The van der Waals surface area contributed by atoms with E-state index in [2.05, 4.69) is 15.7 Å². The summed E-state index contributed by atoms with van der Waals surface area (Å²) in [5, 5.41) is 20.2. The predicted octanol–water partition coefficient (Wildman–Crippen LogP) is 1.90. The summed E-state index contributed by atoms with van der Waals surface area (Å²) in [6.45, 7) is 2.82. The van der Waals surface area contributed by atoms with Gasteiger partial charge in [0.2, 0.25) is 0 Å². The number of nitrogens with one attached hydrogen (secondary N) is 2. The van der Waals surface area contributed by atoms with Crippen LogP contribution < -0.4 is 10.6 Å². The van der Waals surface area contributed by atoms with Crippen molar-refractivity contribution < 1.29 is 9.90 Å². The molecule has 24 heavy (non-hydrogen) atoms. The monoisotopic (exact) mass is 356 g/mol. The maximum absolute atomic E-state index is 12.4. The molecule has 2 fully saturated rings. The van der Waals surface area contributed by atoms with Crippen molar-refractivity contribution in [2.24, 2.45) is 5.41 Å². The van der Waals surface area contributed by atoms with Gasteiger partial charge in [-0.05, 0) is 50.1 Å². The second kappa shape index (κ2) is 8.83. The van der Waals surface area contributed by atoms with Gasteiger partial charge in [-0.25, -0.2) is 0 Å². The third-order valence-corrected chi connectivity index (χ3v) is 5.42. The molecule has 1 aliphatic heterocycles. The highest BCUT2D eigenvalue weighted by Gasteiger charge is 2.33. The number of hydrogen-bond donors (Lipinski definition) is 3. The topological polar surface area (TPSA) is 79.2 Å². The first-order valence-electron chi connectivity index (χ1n) is 8.87. The standard InChI is InChI=1S/C17H28N4O2.ClH/c22-11-8-17(6-1-2-7-17)13-19-16(23)15-5-10-21(20-15)14-4-3-9-18-12-14;/h5,10,14,18,22H,1-4,6-9,11-13H2,(H,19,23);1H. The lowest BCUT2D eigenvalue weighted by atomic mass is 9.83. The fraction of sp³-hybridized carbons (Fsp3) is 0.765. The molecule has 0 bridgehead atoms. The van der Waals surface area contributed by atoms with Crippen molar-refractivity contribution in [3.05, 3.63) is 18.0 Å². The lowest BCUT2D eigenvalue weighted by Gasteiger charge is -2.28. The third-order valence-electron chi connectivity index (χ3n) is 5.42. The Morgan fingerprint density at radius 3 is 2.88 bits per heavy atom. The minimum atomic E-state index is -0.100. The first-order valence-corrected chi connectivity index (χ1v) is 8.87. The molecule has 1 saturated carbocycles. The lowest BCUT2D eigenvalue weighted by Crippen LogP contribution is -2.37. The molecule has 2 heterocycles. The van der Waals surface area contributed by atoms with Gasteiger partial charge >= 0.3 is 0 Å². The van der Waals surface area contributed by atoms with Crippen LogP contribution in [0, 0.1) is 5.41 Å². The molecule has 1 aromatic rings. The Bertz CT molecular complexity index is 522. The number of amides is 1. The number of aromatic nitrogens is 2. The van der Waals surface area contributed by atoms with E-state index in [0.29, 0.717) is 18.3 Å². The van der Waals surface area contributed by atoms with E-state index in [0.717, 1.165) is 45.2 Å². The SMILES string of the molecule is Cl.O=C(NCC1(CCO)CCCC1)c1ccn(C2CCCNC2)n1. The van der Waals surface area contributed by atoms with E-state index in [9.17, 15) is 9.90 Å². The molecule has 6 nitrogen and oxygen atoms in total. The van der Waals surface area contributed by atoms with Gasteiger partial charge in [0.25, 0.3) is 5.91 Å². The Morgan fingerprint density at radius 2 is 2.21 bits per heavy atom. The van der Waals surface area contributed by atoms with Gasteiger partial charge in [0, 0.05) is 25.9 Å². The molecule has 0 spiro atoms. The van der Waals surface area contributed by atoms with Gasteiger partial charge in [0.1, 0.15) is 5.69 Å². The van der Waals surface area contributed by atoms with Gasteiger partial charge in [-0.2, -0.15) is 5.10 Å². The number of piperidine rings is 1. The molecule has 0 radical (unpaired) electrons. The summed E-state index contributed by atoms with van der Waals surface area (Å²) >= 11 is 0. The molecular weight excluding hydrogens is 328 g/mol. The van der Waals surface area contributed by atoms with Crippen molar-refractivity contribution in [1.82, 2.24) is 20.4 Å². The first kappa shape index (κ1) is 19.2. The van der Waals surface area contributed by atoms with Gasteiger partial charge in [-0.1, -0.05) is 12.8 Å². The van der Waals surface area contributed by atoms with Crippen LogP contribution in [0.1, 0.15) is 61.5 Å². The molecular formula is C17H29ClN4O2. The molecule has 0 aromatic carbocycles. The Kier molecular flexibility index (Phi) is 7.07. The minimum absolute atomic E-state index is 0. The highest BCUT2D eigenvalue weighted by atomic mass is 35.5. The average molecular weight is 357 g/mol. The number of hydrogen-bond acceptors (Lipinski definition) is 4. The van der Waals surface area contributed by atoms with Crippen molar-refractivity contribution in [2.45, 2.75) is 51.0 Å². The number of nitrogens with zero attached hydrogens (tertiary/aromatic N) is 2. The zero-order valence-corrected chi connectivity index (χ0v) is 15.0. The van der Waals surface area contributed by atoms with Crippen molar-refractivity contribution in [3.63, 3.8) is 0 Å². The second-order valence-corrected chi connectivity index (χ2v) is 7.04. The lowest BCUT2D eigenvalue weighted by molar-refractivity contribution is 0.0910. The van der Waals surface area contributed by atoms with Crippen LogP contribution in [0.15, 0.2) is 12.3 Å². The largest absolute Gasteiger partial charge is 0.396 e. The Balaban J connectivity index is 0.00000208. The van der Waals surface area contributed by atoms with Gasteiger partial charge in [-0.3, -0.25) is 9.48 Å². The fourth-order valence-electron chi connectivity index (χ4n) is 3.96. The van der Waals surface area contributed by atoms with Gasteiger partial charge in [-0.15, -0.1) is 12.4 Å². The molecule has 1 amide bonds. The number of halogens is 1. The van der Waals surface area contributed by atoms with Crippen LogP contribution in [0.3, 0.4) is 0 Å². The predicted molar refractivity (Wildman–Crippen MR) is 95.6 cm³/mol. The number of carbonyl (C=O) groups is 1. The van der Waals surface area contributed by atoms with Crippen molar-refractivity contribution >= 4 is 18.3 Å². The molecule has 1 atom stereocenters. The van der Waals surface area contributed by atoms with Crippen LogP contribution >= 0.6 is 12.4 Å². The summed E-state index contributed by atoms with van der Waals surface area (Å²) in [5.41, 5.74) is 0.577. The first-order chi connectivity index (χ1) is 11.2. The van der Waals surface area contributed by atoms with Crippen molar-refractivity contribution in [2.75, 3.05) is 26.2 Å². The summed E-state index contributed by atoms with van der Waals surface area (Å²) in [4.78, 5) is 12.4. The number of rotatable bonds is 6. The molecule has 1 aromatic heterocycles. The zero-order chi connectivity index (χ0) is 16.1. The quantitative estimate of drug-likeness (QED) is 0.727. The van der Waals surface area contributed by atoms with E-state index >= 15 is 0 Å². The number of aliphatic hydroxyl groups is 1. The van der Waals surface area contributed by atoms with Crippen molar-refractivity contribution in [3.8, 4) is 0 Å². The highest BCUT2D eigenvalue weighted by molar-refractivity contribution is 5.92. The Labute approximate surface area is 149 Å². The third kappa shape index (κ3) is 4.49. The summed E-state index contributed by atoms with van der Waals surface area (Å²) in [7, 11) is 0. The van der Waals surface area contributed by atoms with Gasteiger partial charge in [0.15, 0.2) is 0 Å². The molecule has 3 rings (SSSR count). The number of carbonyl (C=O) groups excluding carboxylic acids is 1. The second-order valence-electron chi connectivity index (χ2n) is 7.04. The normalized spacial score (nSPS) is 22.8. The van der Waals surface area contributed by atoms with E-state index in [1.807, 2.05) is 10.9 Å². The Morgan fingerprint density at radius 1 is 1.42 bits per heavy atom. The summed E-state index contributed by atoms with van der Waals surface area (Å²) in [6, 6.07) is 2.15. The van der Waals surface area contributed by atoms with Crippen LogP contribution in [-0.4, -0.2) is 47.0 Å². The van der Waals surface area contributed by atoms with Gasteiger partial charge < -0.3 is 15.7 Å². The van der Waals surface area contributed by atoms with Gasteiger partial charge in [0.05, 0.1) is 6.04 Å². The molecule has 2 aliphatic rings. The molecule has 136 valence electrons. The summed E-state index contributed by atoms with van der Waals surface area (Å²) in [6.07, 6.45) is 9.51. The van der Waals surface area contributed by atoms with Crippen molar-refractivity contribution in [1.29, 1.82) is 0 Å². The highest BCUT2D eigenvalue weighted by Crippen LogP contribution is 2.40. The smallest absolute Gasteiger partial charge is 0.271 e. The van der Waals surface area contributed by atoms with Crippen LogP contribution in [0.5, 0.6) is 0 Å². The van der Waals surface area contributed by atoms with E-state index in [1.165, 1.54) is 12.8 Å². The minimum Gasteiger partial charge on any atom is -0.396 e. The van der Waals surface area contributed by atoms with E-state index in [1.54, 1.807) is 6.07 Å². The zero-order valence-electron chi connectivity index (χ0n) is 14.2. The number of aliphatic hydroxyl groups excluding tert-OH is 1. The van der Waals surface area contributed by atoms with E-state index < -0.39 is 0 Å². The van der Waals surface area contributed by atoms with Crippen LogP contribution in [0.4, 0.5) is 0 Å². The Hall–Kier alpha value is -1.11. The maximum Gasteiger partial charge on any atom is 0.271 e. The van der Waals surface area contributed by atoms with Crippen LogP contribution in [0.2, 0.25) is 0 Å². The fourth-order valence-corrected chi connectivity index (χ4v) is 3.96. The maximum atomic E-state index is 12.4. The average Bonchev–Trinajstić information content (AvgIpc) is 3.24. The van der Waals surface area contributed by atoms with E-state index in [4.69, 9.17) is 0 Å². The van der Waals surface area contributed by atoms with E-state index in [-0.39, 0.29) is 30.3 Å². The molecule has 1 saturated heterocycles. The molecule has 7 heteroatoms.